The molecule has 3 aromatic rings. The van der Waals surface area contributed by atoms with Crippen LogP contribution in [0.5, 0.6) is 11.5 Å². The number of aryl methyl sites for hydroxylation is 1. The monoisotopic (exact) mass is 445 g/mol. The number of methoxy groups -OCH3 is 1. The Balaban J connectivity index is 1.73. The summed E-state index contributed by atoms with van der Waals surface area (Å²) in [7, 11) is 1.44. The first-order chi connectivity index (χ1) is 14.4. The van der Waals surface area contributed by atoms with Crippen LogP contribution in [0, 0.1) is 6.92 Å². The van der Waals surface area contributed by atoms with E-state index in [-0.39, 0.29) is 12.5 Å². The van der Waals surface area contributed by atoms with Gasteiger partial charge in [0.05, 0.1) is 12.8 Å². The lowest BCUT2D eigenvalue weighted by atomic mass is 10.1. The highest BCUT2D eigenvalue weighted by atomic mass is 35.5. The van der Waals surface area contributed by atoms with Crippen LogP contribution in [0.4, 0.5) is 5.13 Å². The number of primary amides is 1. The van der Waals surface area contributed by atoms with Gasteiger partial charge in [-0.25, -0.2) is 4.98 Å². The van der Waals surface area contributed by atoms with E-state index in [9.17, 15) is 9.59 Å². The van der Waals surface area contributed by atoms with Crippen molar-refractivity contribution in [1.29, 1.82) is 0 Å². The molecule has 9 heteroatoms. The van der Waals surface area contributed by atoms with Gasteiger partial charge in [0.2, 0.25) is 0 Å². The molecule has 1 heterocycles. The number of hydrogen-bond acceptors (Lipinski definition) is 6. The highest BCUT2D eigenvalue weighted by Crippen LogP contribution is 2.30. The number of nitrogens with one attached hydrogen (secondary N) is 1. The second-order valence-electron chi connectivity index (χ2n) is 6.37. The lowest BCUT2D eigenvalue weighted by Gasteiger charge is -2.11. The van der Waals surface area contributed by atoms with Crippen LogP contribution < -0.4 is 20.5 Å². The number of anilines is 1. The molecular weight excluding hydrogens is 426 g/mol. The third kappa shape index (κ3) is 5.28. The Labute approximate surface area is 182 Å². The summed E-state index contributed by atoms with van der Waals surface area (Å²) in [4.78, 5) is 29.0. The van der Waals surface area contributed by atoms with Gasteiger partial charge in [0, 0.05) is 21.9 Å². The number of nitrogens with two attached hydrogens (primary N) is 1. The Morgan fingerprint density at radius 3 is 2.67 bits per heavy atom. The fraction of sp³-hybridized carbons (Fsp3) is 0.190. The summed E-state index contributed by atoms with van der Waals surface area (Å²) in [6, 6.07) is 12.3. The van der Waals surface area contributed by atoms with E-state index in [1.807, 2.05) is 31.2 Å². The van der Waals surface area contributed by atoms with Crippen molar-refractivity contribution in [3.05, 3.63) is 69.2 Å². The van der Waals surface area contributed by atoms with Crippen molar-refractivity contribution < 1.29 is 19.1 Å². The largest absolute Gasteiger partial charge is 0.493 e. The maximum atomic E-state index is 12.7. The van der Waals surface area contributed by atoms with E-state index in [0.29, 0.717) is 33.6 Å². The highest BCUT2D eigenvalue weighted by molar-refractivity contribution is 7.15. The topological polar surface area (TPSA) is 104 Å². The maximum absolute atomic E-state index is 12.7. The van der Waals surface area contributed by atoms with Crippen LogP contribution >= 0.6 is 22.9 Å². The Morgan fingerprint density at radius 1 is 1.20 bits per heavy atom. The molecule has 0 aliphatic heterocycles. The van der Waals surface area contributed by atoms with Crippen LogP contribution in [-0.4, -0.2) is 30.5 Å². The van der Waals surface area contributed by atoms with Crippen molar-refractivity contribution >= 4 is 39.9 Å². The molecule has 0 aliphatic carbocycles. The van der Waals surface area contributed by atoms with E-state index in [4.69, 9.17) is 26.8 Å². The summed E-state index contributed by atoms with van der Waals surface area (Å²) >= 11 is 7.65. The van der Waals surface area contributed by atoms with Gasteiger partial charge in [-0.3, -0.25) is 14.9 Å². The smallest absolute Gasteiger partial charge is 0.257 e. The molecule has 156 valence electrons. The fourth-order valence-electron chi connectivity index (χ4n) is 2.71. The number of benzene rings is 2. The Bertz CT molecular complexity index is 1080. The van der Waals surface area contributed by atoms with Crippen molar-refractivity contribution in [2.45, 2.75) is 13.3 Å². The number of hydrogen-bond donors (Lipinski definition) is 2. The second-order valence-corrected chi connectivity index (χ2v) is 7.86. The predicted octanol–water partition coefficient (Wildman–Crippen LogP) is 3.82. The Morgan fingerprint density at radius 2 is 1.97 bits per heavy atom. The zero-order valence-electron chi connectivity index (χ0n) is 16.4. The number of aromatic nitrogens is 1. The number of rotatable bonds is 8. The van der Waals surface area contributed by atoms with Gasteiger partial charge in [-0.2, -0.15) is 0 Å². The zero-order valence-corrected chi connectivity index (χ0v) is 18.0. The van der Waals surface area contributed by atoms with Crippen LogP contribution in [0.2, 0.25) is 5.02 Å². The number of halogens is 1. The van der Waals surface area contributed by atoms with Crippen LogP contribution in [0.3, 0.4) is 0 Å². The molecule has 0 saturated carbocycles. The molecule has 7 nitrogen and oxygen atoms in total. The number of thiazole rings is 1. The first-order valence-electron chi connectivity index (χ1n) is 8.97. The number of amides is 2. The molecule has 0 fully saturated rings. The predicted molar refractivity (Wildman–Crippen MR) is 117 cm³/mol. The molecule has 3 rings (SSSR count). The van der Waals surface area contributed by atoms with E-state index >= 15 is 0 Å². The minimum atomic E-state index is -0.606. The van der Waals surface area contributed by atoms with Crippen LogP contribution in [0.15, 0.2) is 42.5 Å². The van der Waals surface area contributed by atoms with Gasteiger partial charge >= 0.3 is 0 Å². The van der Waals surface area contributed by atoms with E-state index < -0.39 is 5.91 Å². The van der Waals surface area contributed by atoms with Crippen LogP contribution in [0.1, 0.15) is 26.5 Å². The summed E-state index contributed by atoms with van der Waals surface area (Å²) in [5, 5.41) is 3.99. The summed E-state index contributed by atoms with van der Waals surface area (Å²) < 4.78 is 10.5. The molecule has 3 N–H and O–H groups in total. The van der Waals surface area contributed by atoms with E-state index in [2.05, 4.69) is 10.3 Å². The molecule has 2 aromatic carbocycles. The molecule has 1 aromatic heterocycles. The Hall–Kier alpha value is -3.10. The maximum Gasteiger partial charge on any atom is 0.257 e. The molecule has 0 radical (unpaired) electrons. The number of nitrogens with zero attached hydrogens (tertiary/aromatic N) is 1. The minimum Gasteiger partial charge on any atom is -0.493 e. The number of ether oxygens (including phenoxy) is 2. The molecule has 30 heavy (non-hydrogen) atoms. The summed E-state index contributed by atoms with van der Waals surface area (Å²) in [6.07, 6.45) is 0.638. The van der Waals surface area contributed by atoms with Crippen molar-refractivity contribution in [3.8, 4) is 11.5 Å². The van der Waals surface area contributed by atoms with Crippen molar-refractivity contribution in [1.82, 2.24) is 4.98 Å². The first-order valence-corrected chi connectivity index (χ1v) is 10.2. The van der Waals surface area contributed by atoms with Crippen molar-refractivity contribution in [3.63, 3.8) is 0 Å². The highest BCUT2D eigenvalue weighted by Gasteiger charge is 2.15. The normalized spacial score (nSPS) is 10.5. The zero-order chi connectivity index (χ0) is 21.7. The lowest BCUT2D eigenvalue weighted by molar-refractivity contribution is -0.119. The van der Waals surface area contributed by atoms with Gasteiger partial charge in [-0.1, -0.05) is 29.8 Å². The molecule has 0 saturated heterocycles. The average Bonchev–Trinajstić information content (AvgIpc) is 3.06. The first kappa shape index (κ1) is 21.6. The molecular formula is C21H20ClN3O4S. The standard InChI is InChI=1S/C21H20ClN3O4S/c1-12-18(10-13-5-3-4-6-15(13)22)30-21(24-12)25-20(27)14-7-8-16(17(9-14)28-2)29-11-19(23)26/h3-9H,10-11H2,1-2H3,(H2,23,26)(H,24,25,27). The average molecular weight is 446 g/mol. The fourth-order valence-corrected chi connectivity index (χ4v) is 3.89. The van der Waals surface area contributed by atoms with Gasteiger partial charge in [0.15, 0.2) is 23.2 Å². The van der Waals surface area contributed by atoms with E-state index in [1.165, 1.54) is 24.5 Å². The van der Waals surface area contributed by atoms with Gasteiger partial charge in [0.1, 0.15) is 0 Å². The number of carbonyl (C=O) groups excluding carboxylic acids is 2. The molecule has 0 bridgehead atoms. The third-order valence-corrected chi connectivity index (χ3v) is 5.66. The number of carbonyl (C=O) groups is 2. The van der Waals surface area contributed by atoms with Crippen LogP contribution in [0.25, 0.3) is 0 Å². The van der Waals surface area contributed by atoms with Gasteiger partial charge in [-0.15, -0.1) is 11.3 Å². The lowest BCUT2D eigenvalue weighted by Crippen LogP contribution is -2.20. The minimum absolute atomic E-state index is 0.283. The van der Waals surface area contributed by atoms with Crippen LogP contribution in [-0.2, 0) is 11.2 Å². The molecule has 0 atom stereocenters. The summed E-state index contributed by atoms with van der Waals surface area (Å²) in [5.74, 6) is -0.308. The van der Waals surface area contributed by atoms with E-state index in [0.717, 1.165) is 16.1 Å². The van der Waals surface area contributed by atoms with Gasteiger partial charge < -0.3 is 15.2 Å². The summed E-state index contributed by atoms with van der Waals surface area (Å²) in [5.41, 5.74) is 7.28. The Kier molecular flexibility index (Phi) is 6.91. The van der Waals surface area contributed by atoms with E-state index in [1.54, 1.807) is 12.1 Å². The van der Waals surface area contributed by atoms with Gasteiger partial charge in [0.25, 0.3) is 11.8 Å². The van der Waals surface area contributed by atoms with Crippen molar-refractivity contribution in [2.75, 3.05) is 19.0 Å². The molecule has 0 unspecified atom stereocenters. The molecule has 0 aliphatic rings. The van der Waals surface area contributed by atoms with Crippen molar-refractivity contribution in [2.24, 2.45) is 5.73 Å². The SMILES string of the molecule is COc1cc(C(=O)Nc2nc(C)c(Cc3ccccc3Cl)s2)ccc1OCC(N)=O. The summed E-state index contributed by atoms with van der Waals surface area (Å²) in [6.45, 7) is 1.61. The molecule has 2 amide bonds. The van der Waals surface area contributed by atoms with Gasteiger partial charge in [-0.05, 0) is 36.8 Å². The third-order valence-electron chi connectivity index (χ3n) is 4.22. The second kappa shape index (κ2) is 9.60. The molecule has 0 spiro atoms. The quantitative estimate of drug-likeness (QED) is 0.548.